The van der Waals surface area contributed by atoms with Gasteiger partial charge in [-0.15, -0.1) is 0 Å². The van der Waals surface area contributed by atoms with E-state index in [1.807, 2.05) is 0 Å². The smallest absolute Gasteiger partial charge is 0.281 e. The highest BCUT2D eigenvalue weighted by Gasteiger charge is 2.22. The Morgan fingerprint density at radius 2 is 1.75 bits per heavy atom. The van der Waals surface area contributed by atoms with Crippen LogP contribution in [0.4, 0.5) is 5.69 Å². The van der Waals surface area contributed by atoms with E-state index in [-0.39, 0.29) is 9.92 Å². The zero-order valence-corrected chi connectivity index (χ0v) is 12.0. The number of benzene rings is 1. The number of hydrogen-bond acceptors (Lipinski definition) is 5. The van der Waals surface area contributed by atoms with Crippen LogP contribution in [0, 0.1) is 0 Å². The number of rotatable bonds is 4. The number of primary sulfonamides is 1. The van der Waals surface area contributed by atoms with Crippen molar-refractivity contribution < 1.29 is 16.8 Å². The van der Waals surface area contributed by atoms with Crippen LogP contribution < -0.4 is 9.44 Å². The molecule has 3 N–H and O–H groups in total. The lowest BCUT2D eigenvalue weighted by atomic mass is 10.3. The average Bonchev–Trinajstić information content (AvgIpc) is 2.91. The van der Waals surface area contributed by atoms with Gasteiger partial charge in [0.25, 0.3) is 10.0 Å². The molecule has 1 heterocycles. The van der Waals surface area contributed by atoms with Crippen LogP contribution in [-0.4, -0.2) is 33.9 Å². The van der Waals surface area contributed by atoms with Crippen molar-refractivity contribution >= 4 is 25.7 Å². The predicted molar refractivity (Wildman–Crippen MR) is 72.0 cm³/mol. The summed E-state index contributed by atoms with van der Waals surface area (Å²) >= 11 is 0. The van der Waals surface area contributed by atoms with E-state index in [4.69, 9.17) is 5.14 Å². The Morgan fingerprint density at radius 1 is 1.15 bits per heavy atom. The Bertz CT molecular complexity index is 795. The standard InChI is InChI=1S/C10H12N4O4S2/c1-14(20(17,18)10-6-12-7-13-10)8-2-4-9(5-3-8)19(11,15)16/h2-7H,1H3,(H,12,13)(H2,11,15,16). The fourth-order valence-corrected chi connectivity index (χ4v) is 3.12. The third kappa shape index (κ3) is 2.66. The van der Waals surface area contributed by atoms with E-state index >= 15 is 0 Å². The predicted octanol–water partition coefficient (Wildman–Crippen LogP) is -0.118. The lowest BCUT2D eigenvalue weighted by Gasteiger charge is -2.18. The maximum absolute atomic E-state index is 12.2. The first-order valence-corrected chi connectivity index (χ1v) is 8.32. The van der Waals surface area contributed by atoms with E-state index in [0.717, 1.165) is 4.31 Å². The van der Waals surface area contributed by atoms with Gasteiger partial charge in [0, 0.05) is 7.05 Å². The minimum absolute atomic E-state index is 0.0597. The first-order chi connectivity index (χ1) is 9.23. The second-order valence-corrected chi connectivity index (χ2v) is 7.43. The summed E-state index contributed by atoms with van der Waals surface area (Å²) < 4.78 is 47.6. The number of nitrogens with two attached hydrogens (primary N) is 1. The lowest BCUT2D eigenvalue weighted by molar-refractivity contribution is 0.591. The number of nitrogens with one attached hydrogen (secondary N) is 1. The zero-order chi connectivity index (χ0) is 15.0. The number of anilines is 1. The minimum atomic E-state index is -3.81. The molecule has 0 aliphatic heterocycles. The van der Waals surface area contributed by atoms with Crippen LogP contribution in [0.15, 0.2) is 46.7 Å². The summed E-state index contributed by atoms with van der Waals surface area (Å²) in [4.78, 5) is 6.07. The summed E-state index contributed by atoms with van der Waals surface area (Å²) in [5.74, 6) is 0. The minimum Gasteiger partial charge on any atom is -0.334 e. The van der Waals surface area contributed by atoms with Gasteiger partial charge in [-0.1, -0.05) is 0 Å². The van der Waals surface area contributed by atoms with Gasteiger partial charge in [0.2, 0.25) is 10.0 Å². The fourth-order valence-electron chi connectivity index (χ4n) is 1.52. The summed E-state index contributed by atoms with van der Waals surface area (Å²) in [5, 5.41) is 4.91. The first-order valence-electron chi connectivity index (χ1n) is 5.33. The van der Waals surface area contributed by atoms with E-state index < -0.39 is 20.0 Å². The van der Waals surface area contributed by atoms with Crippen LogP contribution in [0.25, 0.3) is 0 Å². The highest BCUT2D eigenvalue weighted by molar-refractivity contribution is 7.92. The molecule has 2 aromatic rings. The zero-order valence-electron chi connectivity index (χ0n) is 10.4. The molecule has 0 saturated carbocycles. The number of aromatic nitrogens is 2. The van der Waals surface area contributed by atoms with Crippen LogP contribution in [0.2, 0.25) is 0 Å². The van der Waals surface area contributed by atoms with E-state index in [1.54, 1.807) is 0 Å². The second kappa shape index (κ2) is 4.89. The molecule has 20 heavy (non-hydrogen) atoms. The van der Waals surface area contributed by atoms with Crippen molar-refractivity contribution in [2.45, 2.75) is 9.92 Å². The Morgan fingerprint density at radius 3 is 2.20 bits per heavy atom. The van der Waals surface area contributed by atoms with Crippen molar-refractivity contribution in [2.24, 2.45) is 5.14 Å². The number of aromatic amines is 1. The third-order valence-corrected chi connectivity index (χ3v) is 5.28. The molecule has 8 nitrogen and oxygen atoms in total. The van der Waals surface area contributed by atoms with Crippen LogP contribution in [0.1, 0.15) is 0 Å². The van der Waals surface area contributed by atoms with Crippen molar-refractivity contribution in [3.8, 4) is 0 Å². The molecule has 1 aromatic carbocycles. The Kier molecular flexibility index (Phi) is 3.54. The van der Waals surface area contributed by atoms with Gasteiger partial charge < -0.3 is 4.98 Å². The summed E-state index contributed by atoms with van der Waals surface area (Å²) in [6, 6.07) is 5.19. The third-order valence-electron chi connectivity index (χ3n) is 2.64. The summed E-state index contributed by atoms with van der Waals surface area (Å²) in [6.07, 6.45) is 2.44. The first kappa shape index (κ1) is 14.5. The quantitative estimate of drug-likeness (QED) is 0.813. The molecule has 0 aliphatic rings. The number of hydrogen-bond donors (Lipinski definition) is 2. The molecule has 0 atom stereocenters. The number of nitrogens with zero attached hydrogens (tertiary/aromatic N) is 2. The average molecular weight is 316 g/mol. The highest BCUT2D eigenvalue weighted by Crippen LogP contribution is 2.21. The van der Waals surface area contributed by atoms with Gasteiger partial charge in [0.1, 0.15) is 0 Å². The van der Waals surface area contributed by atoms with Crippen molar-refractivity contribution in [2.75, 3.05) is 11.4 Å². The molecule has 0 aliphatic carbocycles. The molecule has 108 valence electrons. The van der Waals surface area contributed by atoms with Gasteiger partial charge in [0.15, 0.2) is 5.03 Å². The molecule has 10 heteroatoms. The van der Waals surface area contributed by atoms with Gasteiger partial charge in [-0.25, -0.2) is 18.5 Å². The second-order valence-electron chi connectivity index (χ2n) is 3.93. The Balaban J connectivity index is 2.38. The van der Waals surface area contributed by atoms with Crippen molar-refractivity contribution in [1.29, 1.82) is 0 Å². The maximum atomic E-state index is 12.2. The van der Waals surface area contributed by atoms with Gasteiger partial charge >= 0.3 is 0 Å². The molecule has 2 rings (SSSR count). The van der Waals surface area contributed by atoms with E-state index in [2.05, 4.69) is 9.97 Å². The monoisotopic (exact) mass is 316 g/mol. The molecule has 0 unspecified atom stereocenters. The van der Waals surface area contributed by atoms with Gasteiger partial charge in [-0.05, 0) is 24.3 Å². The van der Waals surface area contributed by atoms with Crippen molar-refractivity contribution in [3.05, 3.63) is 36.8 Å². The number of imidazole rings is 1. The largest absolute Gasteiger partial charge is 0.334 e. The van der Waals surface area contributed by atoms with Crippen LogP contribution in [-0.2, 0) is 20.0 Å². The molecule has 0 radical (unpaired) electrons. The summed E-state index contributed by atoms with van der Waals surface area (Å²) in [6.45, 7) is 0. The molecule has 0 bridgehead atoms. The summed E-state index contributed by atoms with van der Waals surface area (Å²) in [5.41, 5.74) is 0.298. The highest BCUT2D eigenvalue weighted by atomic mass is 32.2. The van der Waals surface area contributed by atoms with Crippen LogP contribution >= 0.6 is 0 Å². The van der Waals surface area contributed by atoms with Crippen molar-refractivity contribution in [3.63, 3.8) is 0 Å². The number of sulfonamides is 2. The van der Waals surface area contributed by atoms with Crippen LogP contribution in [0.5, 0.6) is 0 Å². The van der Waals surface area contributed by atoms with E-state index in [0.29, 0.717) is 5.69 Å². The molecular formula is C10H12N4O4S2. The molecular weight excluding hydrogens is 304 g/mol. The molecule has 0 spiro atoms. The lowest BCUT2D eigenvalue weighted by Crippen LogP contribution is -2.26. The molecule has 0 amide bonds. The fraction of sp³-hybridized carbons (Fsp3) is 0.100. The SMILES string of the molecule is CN(c1ccc(S(N)(=O)=O)cc1)S(=O)(=O)c1cnc[nH]1. The van der Waals surface area contributed by atoms with Gasteiger partial charge in [0.05, 0.1) is 23.1 Å². The normalized spacial score (nSPS) is 12.3. The van der Waals surface area contributed by atoms with E-state index in [1.165, 1.54) is 43.8 Å². The topological polar surface area (TPSA) is 126 Å². The molecule has 1 aromatic heterocycles. The number of H-pyrrole nitrogens is 1. The van der Waals surface area contributed by atoms with Crippen molar-refractivity contribution in [1.82, 2.24) is 9.97 Å². The maximum Gasteiger partial charge on any atom is 0.281 e. The van der Waals surface area contributed by atoms with E-state index in [9.17, 15) is 16.8 Å². The Hall–Kier alpha value is -1.91. The Labute approximate surface area is 116 Å². The molecule has 0 saturated heterocycles. The van der Waals surface area contributed by atoms with Gasteiger partial charge in [-0.2, -0.15) is 8.42 Å². The molecule has 0 fully saturated rings. The van der Waals surface area contributed by atoms with Crippen LogP contribution in [0.3, 0.4) is 0 Å². The van der Waals surface area contributed by atoms with Gasteiger partial charge in [-0.3, -0.25) is 4.31 Å². The summed E-state index contributed by atoms with van der Waals surface area (Å²) in [7, 11) is -6.22.